The number of hydrogen-bond acceptors (Lipinski definition) is 2. The number of halogens is 6. The Labute approximate surface area is 88.8 Å². The van der Waals surface area contributed by atoms with Crippen molar-refractivity contribution in [1.29, 1.82) is 0 Å². The van der Waals surface area contributed by atoms with E-state index in [0.717, 1.165) is 0 Å². The van der Waals surface area contributed by atoms with Gasteiger partial charge in [0.25, 0.3) is 0 Å². The molecule has 0 atom stereocenters. The molecule has 1 aliphatic heterocycles. The Morgan fingerprint density at radius 2 is 1.12 bits per heavy atom. The van der Waals surface area contributed by atoms with Crippen LogP contribution < -0.4 is 0 Å². The molecule has 96 valence electrons. The summed E-state index contributed by atoms with van der Waals surface area (Å²) >= 11 is 0. The first kappa shape index (κ1) is 13.8. The van der Waals surface area contributed by atoms with Gasteiger partial charge >= 0.3 is 26.3 Å². The Bertz CT molecular complexity index is 256. The Morgan fingerprint density at radius 3 is 1.44 bits per heavy atom. The molecule has 0 saturated carbocycles. The molecule has 1 heterocycles. The van der Waals surface area contributed by atoms with Gasteiger partial charge in [-0.25, -0.2) is 0 Å². The lowest BCUT2D eigenvalue weighted by Gasteiger charge is -2.38. The van der Waals surface area contributed by atoms with E-state index in [9.17, 15) is 26.3 Å². The number of rotatable bonds is 0. The fourth-order valence-electron chi connectivity index (χ4n) is 1.02. The molecule has 0 radical (unpaired) electrons. The predicted molar refractivity (Wildman–Crippen MR) is 44.2 cm³/mol. The molecular weight excluding hydrogens is 258 g/mol. The van der Waals surface area contributed by atoms with Gasteiger partial charge in [0.1, 0.15) is 13.2 Å². The highest BCUT2D eigenvalue weighted by Crippen LogP contribution is 2.47. The smallest absolute Gasteiger partial charge is 0.376 e. The summed E-state index contributed by atoms with van der Waals surface area (Å²) in [6.45, 7) is -1.09. The van der Waals surface area contributed by atoms with E-state index in [2.05, 4.69) is 8.85 Å². The van der Waals surface area contributed by atoms with Gasteiger partial charge in [-0.15, -0.1) is 0 Å². The Morgan fingerprint density at radius 1 is 0.812 bits per heavy atom. The van der Waals surface area contributed by atoms with E-state index in [1.54, 1.807) is 0 Å². The number of alkyl halides is 6. The molecule has 1 fully saturated rings. The SMILES string of the molecule is C[Si]1(C)OCC(F)(F)C(F)(F)C(F)(F)CO1. The summed E-state index contributed by atoms with van der Waals surface area (Å²) in [6.07, 6.45) is 0. The molecule has 0 amide bonds. The molecular formula is C7H10F6O2Si. The van der Waals surface area contributed by atoms with Gasteiger partial charge in [0, 0.05) is 0 Å². The molecule has 0 unspecified atom stereocenters. The summed E-state index contributed by atoms with van der Waals surface area (Å²) in [4.78, 5) is 0. The van der Waals surface area contributed by atoms with E-state index in [1.165, 1.54) is 13.1 Å². The molecule has 0 N–H and O–H groups in total. The Balaban J connectivity index is 3.06. The zero-order chi connectivity index (χ0) is 12.8. The van der Waals surface area contributed by atoms with Crippen LogP contribution in [-0.4, -0.2) is 39.5 Å². The van der Waals surface area contributed by atoms with E-state index < -0.39 is 39.5 Å². The van der Waals surface area contributed by atoms with Crippen molar-refractivity contribution in [2.75, 3.05) is 13.2 Å². The minimum absolute atomic E-state index is 1.22. The van der Waals surface area contributed by atoms with Crippen LogP contribution in [0, 0.1) is 0 Å². The predicted octanol–water partition coefficient (Wildman–Crippen LogP) is 2.64. The lowest BCUT2D eigenvalue weighted by molar-refractivity contribution is -0.328. The van der Waals surface area contributed by atoms with E-state index in [4.69, 9.17) is 0 Å². The van der Waals surface area contributed by atoms with Crippen LogP contribution in [0.2, 0.25) is 13.1 Å². The molecule has 1 aliphatic rings. The van der Waals surface area contributed by atoms with Crippen LogP contribution in [0.25, 0.3) is 0 Å². The third-order valence-corrected chi connectivity index (χ3v) is 3.80. The normalized spacial score (nSPS) is 31.5. The summed E-state index contributed by atoms with van der Waals surface area (Å²) in [5.41, 5.74) is 0. The second kappa shape index (κ2) is 3.60. The fraction of sp³-hybridized carbons (Fsp3) is 1.00. The summed E-state index contributed by atoms with van der Waals surface area (Å²) in [6, 6.07) is 0. The van der Waals surface area contributed by atoms with Gasteiger partial charge < -0.3 is 8.85 Å². The van der Waals surface area contributed by atoms with E-state index in [0.29, 0.717) is 0 Å². The minimum Gasteiger partial charge on any atom is -0.388 e. The maximum atomic E-state index is 12.9. The molecule has 2 nitrogen and oxygen atoms in total. The molecule has 16 heavy (non-hydrogen) atoms. The summed E-state index contributed by atoms with van der Waals surface area (Å²) in [7, 11) is -3.21. The second-order valence-electron chi connectivity index (χ2n) is 3.96. The van der Waals surface area contributed by atoms with Crippen molar-refractivity contribution in [3.63, 3.8) is 0 Å². The molecule has 1 rings (SSSR count). The van der Waals surface area contributed by atoms with E-state index in [-0.39, 0.29) is 0 Å². The van der Waals surface area contributed by atoms with Crippen LogP contribution >= 0.6 is 0 Å². The van der Waals surface area contributed by atoms with Gasteiger partial charge in [-0.05, 0) is 13.1 Å². The summed E-state index contributed by atoms with van der Waals surface area (Å²) < 4.78 is 86.0. The molecule has 0 aromatic heterocycles. The lowest BCUT2D eigenvalue weighted by Crippen LogP contribution is -2.62. The van der Waals surface area contributed by atoms with Gasteiger partial charge in [-0.1, -0.05) is 0 Å². The topological polar surface area (TPSA) is 18.5 Å². The highest BCUT2D eigenvalue weighted by molar-refractivity contribution is 6.64. The van der Waals surface area contributed by atoms with Gasteiger partial charge in [0.05, 0.1) is 0 Å². The third kappa shape index (κ3) is 2.21. The van der Waals surface area contributed by atoms with Crippen molar-refractivity contribution in [1.82, 2.24) is 0 Å². The molecule has 0 spiro atoms. The van der Waals surface area contributed by atoms with Crippen molar-refractivity contribution in [2.45, 2.75) is 30.9 Å². The molecule has 0 aromatic carbocycles. The largest absolute Gasteiger partial charge is 0.388 e. The van der Waals surface area contributed by atoms with Crippen molar-refractivity contribution < 1.29 is 35.2 Å². The van der Waals surface area contributed by atoms with Crippen LogP contribution in [0.3, 0.4) is 0 Å². The van der Waals surface area contributed by atoms with Gasteiger partial charge in [0.2, 0.25) is 0 Å². The second-order valence-corrected chi connectivity index (χ2v) is 7.34. The first-order chi connectivity index (χ1) is 6.91. The first-order valence-corrected chi connectivity index (χ1v) is 7.14. The molecule has 0 bridgehead atoms. The quantitative estimate of drug-likeness (QED) is 0.496. The maximum Gasteiger partial charge on any atom is 0.376 e. The van der Waals surface area contributed by atoms with Gasteiger partial charge in [-0.2, -0.15) is 26.3 Å². The van der Waals surface area contributed by atoms with Crippen molar-refractivity contribution in [3.8, 4) is 0 Å². The van der Waals surface area contributed by atoms with Crippen molar-refractivity contribution >= 4 is 8.56 Å². The van der Waals surface area contributed by atoms with Crippen LogP contribution in [0.1, 0.15) is 0 Å². The van der Waals surface area contributed by atoms with E-state index in [1.807, 2.05) is 0 Å². The average molecular weight is 268 g/mol. The molecule has 0 aliphatic carbocycles. The first-order valence-electron chi connectivity index (χ1n) is 4.33. The molecule has 1 saturated heterocycles. The monoisotopic (exact) mass is 268 g/mol. The van der Waals surface area contributed by atoms with Crippen LogP contribution in [0.15, 0.2) is 0 Å². The highest BCUT2D eigenvalue weighted by Gasteiger charge is 2.72. The average Bonchev–Trinajstić information content (AvgIpc) is 2.11. The van der Waals surface area contributed by atoms with Crippen LogP contribution in [0.4, 0.5) is 26.3 Å². The maximum absolute atomic E-state index is 12.9. The minimum atomic E-state index is -5.48. The zero-order valence-corrected chi connectivity index (χ0v) is 9.50. The zero-order valence-electron chi connectivity index (χ0n) is 8.50. The third-order valence-electron chi connectivity index (χ3n) is 2.12. The summed E-state index contributed by atoms with van der Waals surface area (Å²) in [5, 5.41) is 0. The summed E-state index contributed by atoms with van der Waals surface area (Å²) in [5.74, 6) is -15.3. The van der Waals surface area contributed by atoms with Gasteiger partial charge in [-0.3, -0.25) is 0 Å². The van der Waals surface area contributed by atoms with Crippen molar-refractivity contribution in [2.24, 2.45) is 0 Å². The standard InChI is InChI=1S/C7H10F6O2Si/c1-16(2)14-3-5(8,9)7(12,13)6(10,11)4-15-16/h3-4H2,1-2H3. The molecule has 0 aromatic rings. The molecule has 9 heteroatoms. The highest BCUT2D eigenvalue weighted by atomic mass is 28.4. The van der Waals surface area contributed by atoms with Crippen molar-refractivity contribution in [3.05, 3.63) is 0 Å². The van der Waals surface area contributed by atoms with E-state index >= 15 is 0 Å². The number of hydrogen-bond donors (Lipinski definition) is 0. The van der Waals surface area contributed by atoms with Gasteiger partial charge in [0.15, 0.2) is 0 Å². The Hall–Kier alpha value is -0.283. The van der Waals surface area contributed by atoms with Crippen LogP contribution in [-0.2, 0) is 8.85 Å². The fourth-order valence-corrected chi connectivity index (χ4v) is 2.16. The van der Waals surface area contributed by atoms with Crippen LogP contribution in [0.5, 0.6) is 0 Å². The Kier molecular flexibility index (Phi) is 3.10. The lowest BCUT2D eigenvalue weighted by atomic mass is 10.1.